The first kappa shape index (κ1) is 25.1. The van der Waals surface area contributed by atoms with Crippen LogP contribution < -0.4 is 26.6 Å². The third-order valence-electron chi connectivity index (χ3n) is 8.02. The van der Waals surface area contributed by atoms with E-state index in [1.54, 1.807) is 18.2 Å². The molecule has 3 aromatic rings. The van der Waals surface area contributed by atoms with Crippen LogP contribution in [0.2, 0.25) is 0 Å². The Balaban J connectivity index is 1.22. The number of carbonyl (C=O) groups is 2. The maximum absolute atomic E-state index is 13.7. The number of amides is 1. The zero-order valence-corrected chi connectivity index (χ0v) is 21.9. The lowest BCUT2D eigenvalue weighted by Gasteiger charge is -2.44. The van der Waals surface area contributed by atoms with Crippen molar-refractivity contribution in [1.82, 2.24) is 15.3 Å². The molecule has 1 saturated heterocycles. The molecule has 3 heterocycles. The second-order valence-electron chi connectivity index (χ2n) is 10.5. The molecular weight excluding hydrogens is 496 g/mol. The van der Waals surface area contributed by atoms with Crippen molar-refractivity contribution in [3.8, 4) is 11.5 Å². The number of pyridine rings is 1. The van der Waals surface area contributed by atoms with Crippen LogP contribution in [0.25, 0.3) is 10.8 Å². The van der Waals surface area contributed by atoms with Crippen LogP contribution in [-0.2, 0) is 0 Å². The Bertz CT molecular complexity index is 1490. The predicted octanol–water partition coefficient (Wildman–Crippen LogP) is 3.23. The molecule has 6 rings (SSSR count). The molecule has 202 valence electrons. The van der Waals surface area contributed by atoms with E-state index in [1.165, 1.54) is 5.56 Å². The number of hydrogen-bond donors (Lipinski definition) is 3. The van der Waals surface area contributed by atoms with E-state index in [-0.39, 0.29) is 23.9 Å². The summed E-state index contributed by atoms with van der Waals surface area (Å²) in [7, 11) is 0. The number of rotatable bonds is 5. The first-order chi connectivity index (χ1) is 18.9. The van der Waals surface area contributed by atoms with E-state index in [0.29, 0.717) is 66.6 Å². The maximum Gasteiger partial charge on any atom is 0.254 e. The molecule has 1 amide bonds. The van der Waals surface area contributed by atoms with Crippen molar-refractivity contribution in [2.24, 2.45) is 16.8 Å². The predicted molar refractivity (Wildman–Crippen MR) is 147 cm³/mol. The van der Waals surface area contributed by atoms with Gasteiger partial charge in [-0.3, -0.25) is 14.6 Å². The summed E-state index contributed by atoms with van der Waals surface area (Å²) >= 11 is 0. The van der Waals surface area contributed by atoms with Gasteiger partial charge in [0.1, 0.15) is 17.1 Å². The first-order valence-corrected chi connectivity index (χ1v) is 13.4. The lowest BCUT2D eigenvalue weighted by atomic mass is 9.82. The third kappa shape index (κ3) is 4.54. The minimum atomic E-state index is -0.635. The molecule has 2 fully saturated rings. The summed E-state index contributed by atoms with van der Waals surface area (Å²) in [6.07, 6.45) is 7.41. The number of likely N-dealkylation sites (tertiary alicyclic amines) is 1. The highest BCUT2D eigenvalue weighted by atomic mass is 16.5. The monoisotopic (exact) mass is 528 g/mol. The summed E-state index contributed by atoms with van der Waals surface area (Å²) in [5.41, 5.74) is 4.68. The summed E-state index contributed by atoms with van der Waals surface area (Å²) in [4.78, 5) is 33.1. The minimum Gasteiger partial charge on any atom is -0.493 e. The van der Waals surface area contributed by atoms with E-state index in [1.807, 2.05) is 36.4 Å². The number of ether oxygens (including phenoxy) is 2. The average molecular weight is 529 g/mol. The van der Waals surface area contributed by atoms with Gasteiger partial charge in [0.2, 0.25) is 0 Å². The largest absolute Gasteiger partial charge is 0.493 e. The highest BCUT2D eigenvalue weighted by molar-refractivity contribution is 6.05. The fourth-order valence-electron chi connectivity index (χ4n) is 5.79. The second kappa shape index (κ2) is 9.85. The van der Waals surface area contributed by atoms with Crippen LogP contribution >= 0.6 is 0 Å². The summed E-state index contributed by atoms with van der Waals surface area (Å²) in [5, 5.41) is 5.60. The Morgan fingerprint density at radius 2 is 1.97 bits per heavy atom. The number of hydrazine groups is 1. The normalized spacial score (nSPS) is 18.6. The number of carbonyl (C=O) groups excluding carboxylic acids is 2. The number of aromatic nitrogens is 1. The molecule has 0 bridgehead atoms. The van der Waals surface area contributed by atoms with Gasteiger partial charge in [0.25, 0.3) is 5.91 Å². The zero-order valence-electron chi connectivity index (χ0n) is 21.9. The summed E-state index contributed by atoms with van der Waals surface area (Å²) < 4.78 is 12.3. The highest BCUT2D eigenvalue weighted by Gasteiger charge is 2.44. The van der Waals surface area contributed by atoms with E-state index in [2.05, 4.69) is 15.5 Å². The van der Waals surface area contributed by atoms with E-state index in [9.17, 15) is 9.59 Å². The molecule has 0 atom stereocenters. The summed E-state index contributed by atoms with van der Waals surface area (Å²) in [5.74, 6) is 12.8. The lowest BCUT2D eigenvalue weighted by molar-refractivity contribution is -0.00572. The number of Topliss-reactive ketones (excluding diaryl/α,β-unsaturated/α-hetero) is 1. The second-order valence-corrected chi connectivity index (χ2v) is 10.5. The number of benzene rings is 2. The third-order valence-corrected chi connectivity index (χ3v) is 8.02. The van der Waals surface area contributed by atoms with Gasteiger partial charge >= 0.3 is 0 Å². The highest BCUT2D eigenvalue weighted by Crippen LogP contribution is 2.44. The van der Waals surface area contributed by atoms with Gasteiger partial charge in [-0.25, -0.2) is 5.84 Å². The number of nitrogens with one attached hydrogen (secondary N) is 1. The molecule has 10 nitrogen and oxygen atoms in total. The van der Waals surface area contributed by atoms with Crippen molar-refractivity contribution in [1.29, 1.82) is 0 Å². The van der Waals surface area contributed by atoms with Crippen LogP contribution in [0.15, 0.2) is 47.8 Å². The molecule has 1 aromatic heterocycles. The number of ketones is 1. The Labute approximate surface area is 226 Å². The van der Waals surface area contributed by atoms with Gasteiger partial charge in [0.05, 0.1) is 18.6 Å². The van der Waals surface area contributed by atoms with Crippen LogP contribution in [0.3, 0.4) is 0 Å². The van der Waals surface area contributed by atoms with E-state index in [4.69, 9.17) is 21.2 Å². The van der Waals surface area contributed by atoms with E-state index >= 15 is 0 Å². The van der Waals surface area contributed by atoms with Crippen LogP contribution in [0.1, 0.15) is 76.8 Å². The van der Waals surface area contributed by atoms with Crippen LogP contribution in [0, 0.1) is 0 Å². The topological polar surface area (TPSA) is 145 Å². The molecule has 2 aromatic carbocycles. The number of amidine groups is 1. The van der Waals surface area contributed by atoms with Gasteiger partial charge in [-0.05, 0) is 67.0 Å². The molecule has 10 heteroatoms. The summed E-state index contributed by atoms with van der Waals surface area (Å²) in [6, 6.07) is 9.02. The molecular formula is C29H32N6O4. The average Bonchev–Trinajstić information content (AvgIpc) is 3.79. The number of nitrogens with zero attached hydrogens (tertiary/aromatic N) is 3. The first-order valence-electron chi connectivity index (χ1n) is 13.4. The van der Waals surface area contributed by atoms with Gasteiger partial charge in [0, 0.05) is 54.8 Å². The number of hydrazone groups is 1. The van der Waals surface area contributed by atoms with Crippen LogP contribution in [0.4, 0.5) is 0 Å². The molecule has 2 aliphatic heterocycles. The quantitative estimate of drug-likeness (QED) is 0.198. The van der Waals surface area contributed by atoms with Crippen LogP contribution in [0.5, 0.6) is 11.5 Å². The van der Waals surface area contributed by atoms with Crippen molar-refractivity contribution in [3.05, 3.63) is 65.0 Å². The Hall–Kier alpha value is -4.18. The SMILES string of the molecule is CCOc1cc(C(=O)N2CCC3(CC2)CC(=O)c2cc(/C(=N/N)NN)ccc2O3)cc2c(C3CC3)cncc12. The van der Waals surface area contributed by atoms with Gasteiger partial charge < -0.3 is 25.6 Å². The molecule has 0 unspecified atom stereocenters. The van der Waals surface area contributed by atoms with Crippen molar-refractivity contribution >= 4 is 28.3 Å². The fraction of sp³-hybridized carbons (Fsp3) is 0.379. The molecule has 5 N–H and O–H groups in total. The molecule has 3 aliphatic rings. The smallest absolute Gasteiger partial charge is 0.254 e. The molecule has 1 aliphatic carbocycles. The van der Waals surface area contributed by atoms with Gasteiger partial charge in [-0.15, -0.1) is 0 Å². The fourth-order valence-corrected chi connectivity index (χ4v) is 5.79. The standard InChI is InChI=1S/C29H32N6O4/c1-2-38-26-13-19(12-20-22(17-3-4-17)15-32-16-23(20)26)28(37)35-9-7-29(8-10-35)14-24(36)21-11-18(27(33-30)34-31)5-6-25(21)39-29/h5-6,11-13,15-17H,2-4,7-10,14,30-31H2,1H3,(H,33,34). The Morgan fingerprint density at radius 1 is 1.18 bits per heavy atom. The van der Waals surface area contributed by atoms with Crippen molar-refractivity contribution in [2.75, 3.05) is 19.7 Å². The van der Waals surface area contributed by atoms with E-state index in [0.717, 1.165) is 23.6 Å². The summed E-state index contributed by atoms with van der Waals surface area (Å²) in [6.45, 7) is 3.43. The number of nitrogens with two attached hydrogens (primary N) is 2. The van der Waals surface area contributed by atoms with Gasteiger partial charge in [-0.1, -0.05) is 0 Å². The zero-order chi connectivity index (χ0) is 27.1. The lowest BCUT2D eigenvalue weighted by Crippen LogP contribution is -2.52. The number of piperidine rings is 1. The van der Waals surface area contributed by atoms with E-state index < -0.39 is 5.60 Å². The van der Waals surface area contributed by atoms with Crippen LogP contribution in [-0.4, -0.2) is 52.7 Å². The maximum atomic E-state index is 13.7. The Kier molecular flexibility index (Phi) is 6.34. The van der Waals surface area contributed by atoms with Crippen molar-refractivity contribution < 1.29 is 19.1 Å². The van der Waals surface area contributed by atoms with Gasteiger partial charge in [0.15, 0.2) is 11.6 Å². The Morgan fingerprint density at radius 3 is 2.67 bits per heavy atom. The number of hydrogen-bond acceptors (Lipinski definition) is 8. The minimum absolute atomic E-state index is 0.0108. The van der Waals surface area contributed by atoms with Crippen molar-refractivity contribution in [3.63, 3.8) is 0 Å². The van der Waals surface area contributed by atoms with Gasteiger partial charge in [-0.2, -0.15) is 5.10 Å². The molecule has 1 saturated carbocycles. The van der Waals surface area contributed by atoms with Crippen molar-refractivity contribution in [2.45, 2.75) is 50.5 Å². The molecule has 1 spiro atoms. The molecule has 39 heavy (non-hydrogen) atoms. The number of fused-ring (bicyclic) bond motifs is 2. The molecule has 0 radical (unpaired) electrons.